The first kappa shape index (κ1) is 28.9. The normalized spacial score (nSPS) is 12.5. The maximum absolute atomic E-state index is 13.0. The Labute approximate surface area is 237 Å². The lowest BCUT2D eigenvalue weighted by molar-refractivity contribution is -0.141. The molecule has 0 atom stereocenters. The SMILES string of the molecule is CC.O=C(NC1=NNNN1)c1ccc(Cn2nc(-c3cc(Cl)cc(Cl)c3)cc2-c2ccc(C(F)(F)F)nc2)cc1. The van der Waals surface area contributed by atoms with Gasteiger partial charge < -0.3 is 0 Å². The summed E-state index contributed by atoms with van der Waals surface area (Å²) in [5.74, 6) is -0.150. The Morgan fingerprint density at radius 2 is 1.68 bits per heavy atom. The van der Waals surface area contributed by atoms with E-state index in [1.54, 1.807) is 53.2 Å². The van der Waals surface area contributed by atoms with Gasteiger partial charge in [-0.1, -0.05) is 49.2 Å². The third-order valence-electron chi connectivity index (χ3n) is 5.47. The number of amides is 1. The molecule has 9 nitrogen and oxygen atoms in total. The second-order valence-electron chi connectivity index (χ2n) is 8.13. The number of nitrogens with one attached hydrogen (secondary N) is 4. The second kappa shape index (κ2) is 12.4. The molecule has 1 amide bonds. The molecule has 0 saturated heterocycles. The minimum atomic E-state index is -4.55. The number of aromatic nitrogens is 3. The number of hydrazone groups is 1. The van der Waals surface area contributed by atoms with Gasteiger partial charge in [0.25, 0.3) is 5.91 Å². The van der Waals surface area contributed by atoms with Crippen LogP contribution in [-0.2, 0) is 12.7 Å². The minimum Gasteiger partial charge on any atom is -0.290 e. The first-order chi connectivity index (χ1) is 19.2. The molecule has 4 aromatic rings. The Bertz CT molecular complexity index is 1500. The number of alkyl halides is 3. The maximum Gasteiger partial charge on any atom is 0.433 e. The molecule has 1 aliphatic heterocycles. The number of rotatable bonds is 5. The van der Waals surface area contributed by atoms with E-state index in [-0.39, 0.29) is 18.4 Å². The van der Waals surface area contributed by atoms with Crippen LogP contribution in [-0.4, -0.2) is 26.6 Å². The molecule has 5 rings (SSSR count). The van der Waals surface area contributed by atoms with Crippen LogP contribution >= 0.6 is 23.2 Å². The van der Waals surface area contributed by atoms with Crippen LogP contribution in [0.3, 0.4) is 0 Å². The molecule has 40 heavy (non-hydrogen) atoms. The summed E-state index contributed by atoms with van der Waals surface area (Å²) < 4.78 is 40.8. The lowest BCUT2D eigenvalue weighted by Gasteiger charge is -2.10. The number of guanidine groups is 1. The van der Waals surface area contributed by atoms with Crippen molar-refractivity contribution in [1.29, 1.82) is 0 Å². The molecule has 0 spiro atoms. The van der Waals surface area contributed by atoms with E-state index in [9.17, 15) is 18.0 Å². The number of nitrogens with zero attached hydrogens (tertiary/aromatic N) is 4. The number of benzene rings is 2. The summed E-state index contributed by atoms with van der Waals surface area (Å²) in [5.41, 5.74) is 9.90. The number of carbonyl (C=O) groups is 1. The molecule has 0 aliphatic carbocycles. The van der Waals surface area contributed by atoms with E-state index >= 15 is 0 Å². The van der Waals surface area contributed by atoms with Gasteiger partial charge in [0, 0.05) is 32.9 Å². The van der Waals surface area contributed by atoms with Crippen LogP contribution in [0.1, 0.15) is 35.5 Å². The number of hydrazine groups is 2. The van der Waals surface area contributed by atoms with Crippen molar-refractivity contribution in [2.75, 3.05) is 0 Å². The van der Waals surface area contributed by atoms with Crippen LogP contribution in [0.25, 0.3) is 22.5 Å². The summed E-state index contributed by atoms with van der Waals surface area (Å²) in [6.45, 7) is 4.26. The van der Waals surface area contributed by atoms with E-state index in [1.807, 2.05) is 13.8 Å². The van der Waals surface area contributed by atoms with Gasteiger partial charge in [0.05, 0.1) is 17.9 Å². The van der Waals surface area contributed by atoms with Gasteiger partial charge in [-0.2, -0.15) is 18.3 Å². The van der Waals surface area contributed by atoms with Gasteiger partial charge in [-0.15, -0.1) is 10.6 Å². The van der Waals surface area contributed by atoms with Gasteiger partial charge >= 0.3 is 6.18 Å². The maximum atomic E-state index is 13.0. The molecule has 0 saturated carbocycles. The fourth-order valence-electron chi connectivity index (χ4n) is 3.70. The number of hydrogen-bond acceptors (Lipinski definition) is 7. The predicted octanol–water partition coefficient (Wildman–Crippen LogP) is 5.63. The van der Waals surface area contributed by atoms with Crippen molar-refractivity contribution in [3.63, 3.8) is 0 Å². The molecule has 0 fully saturated rings. The van der Waals surface area contributed by atoms with E-state index in [1.165, 1.54) is 6.07 Å². The third-order valence-corrected chi connectivity index (χ3v) is 5.91. The number of carbonyl (C=O) groups excluding carboxylic acids is 1. The highest BCUT2D eigenvalue weighted by Gasteiger charge is 2.32. The quantitative estimate of drug-likeness (QED) is 0.240. The fourth-order valence-corrected chi connectivity index (χ4v) is 4.22. The standard InChI is InChI=1S/C24H17Cl2F3N8O.C2H6/c25-17-7-16(8-18(26)9-17)19-10-20(15-5-6-21(30-11-15)24(27,28)29)37(34-19)12-13-1-3-14(4-2-13)22(38)31-23-32-35-36-33-23;1-2/h1-11,35-36H,12H2,(H2,31,32,33,38);1-2H3. The van der Waals surface area contributed by atoms with E-state index in [0.717, 1.165) is 17.8 Å². The Hall–Kier alpha value is -4.13. The highest BCUT2D eigenvalue weighted by atomic mass is 35.5. The Morgan fingerprint density at radius 1 is 0.975 bits per heavy atom. The van der Waals surface area contributed by atoms with Gasteiger partial charge in [-0.05, 0) is 54.1 Å². The molecule has 0 bridgehead atoms. The lowest BCUT2D eigenvalue weighted by Crippen LogP contribution is -2.43. The molecule has 2 aromatic carbocycles. The van der Waals surface area contributed by atoms with Gasteiger partial charge in [0.1, 0.15) is 5.69 Å². The molecule has 2 aromatic heterocycles. The van der Waals surface area contributed by atoms with Crippen LogP contribution in [0.4, 0.5) is 13.2 Å². The summed E-state index contributed by atoms with van der Waals surface area (Å²) in [6.07, 6.45) is -3.40. The van der Waals surface area contributed by atoms with Crippen molar-refractivity contribution in [2.24, 2.45) is 5.10 Å². The zero-order valence-corrected chi connectivity index (χ0v) is 22.7. The van der Waals surface area contributed by atoms with E-state index in [4.69, 9.17) is 23.2 Å². The Kier molecular flexibility index (Phi) is 8.93. The Balaban J connectivity index is 0.00000181. The molecule has 14 heteroatoms. The van der Waals surface area contributed by atoms with Crippen LogP contribution in [0.15, 0.2) is 72.0 Å². The summed E-state index contributed by atoms with van der Waals surface area (Å²) in [4.78, 5) is 16.0. The monoisotopic (exact) mass is 590 g/mol. The molecule has 4 N–H and O–H groups in total. The minimum absolute atomic E-state index is 0.221. The van der Waals surface area contributed by atoms with Crippen LogP contribution < -0.4 is 21.8 Å². The highest BCUT2D eigenvalue weighted by Crippen LogP contribution is 2.32. The lowest BCUT2D eigenvalue weighted by atomic mass is 10.1. The predicted molar refractivity (Wildman–Crippen MR) is 147 cm³/mol. The molecular weight excluding hydrogens is 568 g/mol. The van der Waals surface area contributed by atoms with E-state index in [2.05, 4.69) is 37.0 Å². The summed E-state index contributed by atoms with van der Waals surface area (Å²) in [5, 5.41) is 11.9. The second-order valence-corrected chi connectivity index (χ2v) is 9.01. The molecule has 0 radical (unpaired) electrons. The summed E-state index contributed by atoms with van der Waals surface area (Å²) in [6, 6.07) is 15.7. The van der Waals surface area contributed by atoms with Crippen molar-refractivity contribution >= 4 is 35.1 Å². The summed E-state index contributed by atoms with van der Waals surface area (Å²) >= 11 is 12.3. The van der Waals surface area contributed by atoms with Crippen molar-refractivity contribution in [2.45, 2.75) is 26.6 Å². The number of halogens is 5. The molecule has 1 aliphatic rings. The molecular formula is C26H23Cl2F3N8O. The van der Waals surface area contributed by atoms with Gasteiger partial charge in [0.15, 0.2) is 0 Å². The first-order valence-corrected chi connectivity index (χ1v) is 12.7. The first-order valence-electron chi connectivity index (χ1n) is 12.0. The average Bonchev–Trinajstić information content (AvgIpc) is 3.59. The number of hydrogen-bond donors (Lipinski definition) is 4. The van der Waals surface area contributed by atoms with Crippen molar-refractivity contribution < 1.29 is 18.0 Å². The smallest absolute Gasteiger partial charge is 0.290 e. The molecule has 0 unspecified atom stereocenters. The van der Waals surface area contributed by atoms with Gasteiger partial charge in [-0.3, -0.25) is 25.2 Å². The third kappa shape index (κ3) is 6.89. The zero-order chi connectivity index (χ0) is 28.9. The van der Waals surface area contributed by atoms with Crippen molar-refractivity contribution in [3.8, 4) is 22.5 Å². The zero-order valence-electron chi connectivity index (χ0n) is 21.1. The van der Waals surface area contributed by atoms with E-state index < -0.39 is 11.9 Å². The van der Waals surface area contributed by atoms with Crippen LogP contribution in [0.5, 0.6) is 0 Å². The Morgan fingerprint density at radius 3 is 2.25 bits per heavy atom. The molecule has 3 heterocycles. The molecule has 208 valence electrons. The van der Waals surface area contributed by atoms with Crippen molar-refractivity contribution in [1.82, 2.24) is 36.6 Å². The van der Waals surface area contributed by atoms with Crippen LogP contribution in [0, 0.1) is 0 Å². The van der Waals surface area contributed by atoms with Crippen LogP contribution in [0.2, 0.25) is 10.0 Å². The van der Waals surface area contributed by atoms with Gasteiger partial charge in [0.2, 0.25) is 5.96 Å². The highest BCUT2D eigenvalue weighted by molar-refractivity contribution is 6.35. The fraction of sp³-hybridized carbons (Fsp3) is 0.154. The summed E-state index contributed by atoms with van der Waals surface area (Å²) in [7, 11) is 0. The topological polar surface area (TPSA) is 108 Å². The largest absolute Gasteiger partial charge is 0.433 e. The van der Waals surface area contributed by atoms with E-state index in [0.29, 0.717) is 38.1 Å². The van der Waals surface area contributed by atoms with Crippen molar-refractivity contribution in [3.05, 3.63) is 93.7 Å². The van der Waals surface area contributed by atoms with Gasteiger partial charge in [-0.25, -0.2) is 5.53 Å². The number of pyridine rings is 1. The average molecular weight is 591 g/mol.